The molecule has 17 heavy (non-hydrogen) atoms. The van der Waals surface area contributed by atoms with Gasteiger partial charge < -0.3 is 10.2 Å². The van der Waals surface area contributed by atoms with Gasteiger partial charge in [0, 0.05) is 30.7 Å². The molecule has 1 aromatic rings. The minimum atomic E-state index is 0.207. The smallest absolute Gasteiger partial charge is 0.228 e. The Morgan fingerprint density at radius 1 is 1.41 bits per heavy atom. The third kappa shape index (κ3) is 2.00. The highest BCUT2D eigenvalue weighted by molar-refractivity contribution is 9.10. The van der Waals surface area contributed by atoms with E-state index in [4.69, 9.17) is 0 Å². The lowest BCUT2D eigenvalue weighted by molar-refractivity contribution is -0.138. The van der Waals surface area contributed by atoms with Crippen LogP contribution in [-0.2, 0) is 17.8 Å². The van der Waals surface area contributed by atoms with E-state index < -0.39 is 0 Å². The van der Waals surface area contributed by atoms with Gasteiger partial charge in [-0.2, -0.15) is 0 Å². The molecule has 2 aliphatic heterocycles. The largest absolute Gasteiger partial charge is 0.338 e. The second-order valence-corrected chi connectivity index (χ2v) is 5.60. The van der Waals surface area contributed by atoms with Crippen LogP contribution in [0.15, 0.2) is 22.7 Å². The van der Waals surface area contributed by atoms with Gasteiger partial charge in [-0.05, 0) is 23.6 Å². The molecular formula is C13H15BrN2O. The summed E-state index contributed by atoms with van der Waals surface area (Å²) in [5.41, 5.74) is 2.65. The van der Waals surface area contributed by atoms with Gasteiger partial charge >= 0.3 is 0 Å². The summed E-state index contributed by atoms with van der Waals surface area (Å²) in [6.45, 7) is 3.31. The van der Waals surface area contributed by atoms with E-state index in [1.54, 1.807) is 0 Å². The van der Waals surface area contributed by atoms with Gasteiger partial charge in [-0.3, -0.25) is 4.79 Å². The van der Waals surface area contributed by atoms with Crippen LogP contribution < -0.4 is 5.32 Å². The zero-order chi connectivity index (χ0) is 11.8. The Morgan fingerprint density at radius 3 is 2.94 bits per heavy atom. The maximum Gasteiger partial charge on any atom is 0.228 e. The number of halogens is 1. The number of hydrogen-bond acceptors (Lipinski definition) is 2. The molecule has 90 valence electrons. The van der Waals surface area contributed by atoms with Crippen LogP contribution in [0.3, 0.4) is 0 Å². The molecule has 1 N–H and O–H groups in total. The number of benzene rings is 1. The molecule has 0 unspecified atom stereocenters. The van der Waals surface area contributed by atoms with Gasteiger partial charge in [-0.25, -0.2) is 0 Å². The van der Waals surface area contributed by atoms with Crippen LogP contribution in [0.1, 0.15) is 11.1 Å². The van der Waals surface area contributed by atoms with E-state index in [1.165, 1.54) is 11.1 Å². The highest BCUT2D eigenvalue weighted by atomic mass is 79.9. The van der Waals surface area contributed by atoms with Crippen LogP contribution in [0, 0.1) is 5.92 Å². The Morgan fingerprint density at radius 2 is 2.24 bits per heavy atom. The summed E-state index contributed by atoms with van der Waals surface area (Å²) < 4.78 is 1.12. The number of rotatable bonds is 1. The number of nitrogens with one attached hydrogen (secondary N) is 1. The van der Waals surface area contributed by atoms with Gasteiger partial charge in [0.05, 0.1) is 5.92 Å². The lowest BCUT2D eigenvalue weighted by Gasteiger charge is -2.35. The van der Waals surface area contributed by atoms with Crippen molar-refractivity contribution in [2.45, 2.75) is 13.0 Å². The lowest BCUT2D eigenvalue weighted by atomic mass is 9.96. The lowest BCUT2D eigenvalue weighted by Crippen LogP contribution is -2.52. The van der Waals surface area contributed by atoms with Crippen molar-refractivity contribution >= 4 is 21.8 Å². The van der Waals surface area contributed by atoms with Crippen molar-refractivity contribution in [3.8, 4) is 0 Å². The summed E-state index contributed by atoms with van der Waals surface area (Å²) in [7, 11) is 0. The SMILES string of the molecule is O=C(C1CNC1)N1CCc2cccc(Br)c2C1. The van der Waals surface area contributed by atoms with Gasteiger partial charge in [0.2, 0.25) is 5.91 Å². The number of amides is 1. The third-order valence-corrected chi connectivity index (χ3v) is 4.40. The van der Waals surface area contributed by atoms with Crippen molar-refractivity contribution in [2.75, 3.05) is 19.6 Å². The van der Waals surface area contributed by atoms with E-state index in [0.717, 1.165) is 37.1 Å². The summed E-state index contributed by atoms with van der Waals surface area (Å²) in [6, 6.07) is 6.28. The summed E-state index contributed by atoms with van der Waals surface area (Å²) in [6.07, 6.45) is 0.973. The quantitative estimate of drug-likeness (QED) is 0.852. The van der Waals surface area contributed by atoms with Crippen molar-refractivity contribution < 1.29 is 4.79 Å². The molecule has 1 amide bonds. The molecular weight excluding hydrogens is 280 g/mol. The molecule has 0 atom stereocenters. The van der Waals surface area contributed by atoms with E-state index >= 15 is 0 Å². The van der Waals surface area contributed by atoms with Crippen LogP contribution >= 0.6 is 15.9 Å². The molecule has 2 aliphatic rings. The first-order chi connectivity index (χ1) is 8.25. The van der Waals surface area contributed by atoms with Crippen molar-refractivity contribution in [3.63, 3.8) is 0 Å². The minimum absolute atomic E-state index is 0.207. The third-order valence-electron chi connectivity index (χ3n) is 3.66. The van der Waals surface area contributed by atoms with Crippen molar-refractivity contribution in [1.29, 1.82) is 0 Å². The van der Waals surface area contributed by atoms with Crippen LogP contribution in [0.4, 0.5) is 0 Å². The van der Waals surface area contributed by atoms with E-state index in [1.807, 2.05) is 4.90 Å². The Kier molecular flexibility index (Phi) is 2.92. The molecule has 4 heteroatoms. The minimum Gasteiger partial charge on any atom is -0.338 e. The van der Waals surface area contributed by atoms with Crippen molar-refractivity contribution in [1.82, 2.24) is 10.2 Å². The summed E-state index contributed by atoms with van der Waals surface area (Å²) in [5.74, 6) is 0.518. The standard InChI is InChI=1S/C13H15BrN2O/c14-12-3-1-2-9-4-5-16(8-11(9)12)13(17)10-6-15-7-10/h1-3,10,15H,4-8H2. The highest BCUT2D eigenvalue weighted by Crippen LogP contribution is 2.27. The molecule has 0 aliphatic carbocycles. The van der Waals surface area contributed by atoms with Gasteiger partial charge in [0.15, 0.2) is 0 Å². The van der Waals surface area contributed by atoms with E-state index in [9.17, 15) is 4.79 Å². The summed E-state index contributed by atoms with van der Waals surface area (Å²) in [4.78, 5) is 14.2. The zero-order valence-corrected chi connectivity index (χ0v) is 11.2. The van der Waals surface area contributed by atoms with Crippen LogP contribution in [0.5, 0.6) is 0 Å². The first-order valence-corrected chi connectivity index (χ1v) is 6.81. The Labute approximate surface area is 109 Å². The molecule has 0 aromatic heterocycles. The van der Waals surface area contributed by atoms with Crippen LogP contribution in [0.25, 0.3) is 0 Å². The van der Waals surface area contributed by atoms with Gasteiger partial charge in [-0.1, -0.05) is 28.1 Å². The maximum absolute atomic E-state index is 12.2. The monoisotopic (exact) mass is 294 g/mol. The average molecular weight is 295 g/mol. The number of carbonyl (C=O) groups is 1. The second-order valence-electron chi connectivity index (χ2n) is 4.74. The van der Waals surface area contributed by atoms with Crippen LogP contribution in [-0.4, -0.2) is 30.4 Å². The number of carbonyl (C=O) groups excluding carboxylic acids is 1. The fourth-order valence-corrected chi connectivity index (χ4v) is 2.98. The van der Waals surface area contributed by atoms with Crippen LogP contribution in [0.2, 0.25) is 0 Å². The van der Waals surface area contributed by atoms with Crippen molar-refractivity contribution in [3.05, 3.63) is 33.8 Å². The molecule has 0 bridgehead atoms. The van der Waals surface area contributed by atoms with E-state index in [-0.39, 0.29) is 5.92 Å². The Bertz CT molecular complexity index is 457. The maximum atomic E-state index is 12.2. The topological polar surface area (TPSA) is 32.3 Å². The number of fused-ring (bicyclic) bond motifs is 1. The van der Waals surface area contributed by atoms with Gasteiger partial charge in [0.1, 0.15) is 0 Å². The number of hydrogen-bond donors (Lipinski definition) is 1. The zero-order valence-electron chi connectivity index (χ0n) is 9.58. The molecule has 1 fully saturated rings. The summed E-state index contributed by atoms with van der Waals surface area (Å²) >= 11 is 3.58. The van der Waals surface area contributed by atoms with Gasteiger partial charge in [0.25, 0.3) is 0 Å². The molecule has 0 radical (unpaired) electrons. The molecule has 3 rings (SSSR count). The van der Waals surface area contributed by atoms with Crippen molar-refractivity contribution in [2.24, 2.45) is 5.92 Å². The van der Waals surface area contributed by atoms with E-state index in [2.05, 4.69) is 39.4 Å². The van der Waals surface area contributed by atoms with E-state index in [0.29, 0.717) is 5.91 Å². The molecule has 0 spiro atoms. The Balaban J connectivity index is 1.79. The molecule has 1 aromatic carbocycles. The normalized spacial score (nSPS) is 19.7. The first kappa shape index (κ1) is 11.2. The fourth-order valence-electron chi connectivity index (χ4n) is 2.45. The number of nitrogens with zero attached hydrogens (tertiary/aromatic N) is 1. The predicted octanol–water partition coefficient (Wildman–Crippen LogP) is 1.55. The first-order valence-electron chi connectivity index (χ1n) is 6.01. The predicted molar refractivity (Wildman–Crippen MR) is 69.6 cm³/mol. The molecule has 0 saturated carbocycles. The fraction of sp³-hybridized carbons (Fsp3) is 0.462. The highest BCUT2D eigenvalue weighted by Gasteiger charge is 2.31. The molecule has 1 saturated heterocycles. The summed E-state index contributed by atoms with van der Waals surface area (Å²) in [5, 5.41) is 3.15. The molecule has 2 heterocycles. The average Bonchev–Trinajstić information content (AvgIpc) is 2.27. The van der Waals surface area contributed by atoms with Gasteiger partial charge in [-0.15, -0.1) is 0 Å². The Hall–Kier alpha value is -0.870. The second kappa shape index (κ2) is 4.42. The molecule has 3 nitrogen and oxygen atoms in total.